The molecular formula is C22H21ClN4O5. The fraction of sp³-hybridized carbons (Fsp3) is 0.227. The number of ether oxygens (including phenoxy) is 2. The number of hydrogen-bond acceptors (Lipinski definition) is 7. The average molecular weight is 457 g/mol. The van der Waals surface area contributed by atoms with Gasteiger partial charge in [-0.2, -0.15) is 0 Å². The number of nitrogens with zero attached hydrogens (tertiary/aromatic N) is 2. The molecule has 0 spiro atoms. The molecule has 2 N–H and O–H groups in total. The Labute approximate surface area is 189 Å². The van der Waals surface area contributed by atoms with Gasteiger partial charge in [-0.05, 0) is 60.9 Å². The number of carbonyl (C=O) groups is 1. The van der Waals surface area contributed by atoms with E-state index in [1.54, 1.807) is 37.5 Å². The lowest BCUT2D eigenvalue weighted by atomic mass is 9.98. The molecular weight excluding hydrogens is 436 g/mol. The van der Waals surface area contributed by atoms with Gasteiger partial charge in [0.05, 0.1) is 4.92 Å². The van der Waals surface area contributed by atoms with E-state index in [4.69, 9.17) is 26.6 Å². The molecule has 2 aromatic rings. The van der Waals surface area contributed by atoms with Crippen LogP contribution in [0.1, 0.15) is 18.4 Å². The van der Waals surface area contributed by atoms with E-state index in [0.29, 0.717) is 35.1 Å². The maximum Gasteiger partial charge on any atom is 0.316 e. The van der Waals surface area contributed by atoms with Gasteiger partial charge in [0.15, 0.2) is 0 Å². The summed E-state index contributed by atoms with van der Waals surface area (Å²) in [5.41, 5.74) is 7.47. The second-order valence-electron chi connectivity index (χ2n) is 6.96. The number of nitrogens with one attached hydrogen (secondary N) is 2. The van der Waals surface area contributed by atoms with Gasteiger partial charge in [-0.1, -0.05) is 17.7 Å². The molecule has 0 saturated carbocycles. The number of anilines is 1. The zero-order chi connectivity index (χ0) is 23.1. The summed E-state index contributed by atoms with van der Waals surface area (Å²) in [4.78, 5) is 23.3. The Balaban J connectivity index is 1.89. The van der Waals surface area contributed by atoms with Gasteiger partial charge < -0.3 is 14.8 Å². The van der Waals surface area contributed by atoms with E-state index in [1.807, 2.05) is 0 Å². The van der Waals surface area contributed by atoms with Crippen LogP contribution in [0.4, 0.5) is 11.4 Å². The van der Waals surface area contributed by atoms with Gasteiger partial charge in [-0.15, -0.1) is 5.11 Å². The number of non-ortho nitro benzene ring substituents is 1. The van der Waals surface area contributed by atoms with E-state index in [2.05, 4.69) is 10.4 Å². The third-order valence-electron chi connectivity index (χ3n) is 4.79. The Morgan fingerprint density at radius 1 is 1.25 bits per heavy atom. The number of allylic oxidation sites excluding steroid dienone is 2. The van der Waals surface area contributed by atoms with Crippen molar-refractivity contribution >= 4 is 34.6 Å². The normalized spacial score (nSPS) is 17.6. The second-order valence-corrected chi connectivity index (χ2v) is 7.40. The van der Waals surface area contributed by atoms with E-state index >= 15 is 0 Å². The minimum Gasteiger partial charge on any atom is -0.451 e. The Kier molecular flexibility index (Phi) is 7.34. The quantitative estimate of drug-likeness (QED) is 0.228. The van der Waals surface area contributed by atoms with Gasteiger partial charge >= 0.3 is 5.72 Å². The van der Waals surface area contributed by atoms with Crippen molar-refractivity contribution in [3.05, 3.63) is 87.0 Å². The molecule has 0 aromatic heterocycles. The fourth-order valence-electron chi connectivity index (χ4n) is 3.11. The van der Waals surface area contributed by atoms with Crippen LogP contribution < -0.4 is 5.32 Å². The Bertz CT molecular complexity index is 1070. The molecule has 0 aliphatic carbocycles. The second kappa shape index (κ2) is 10.2. The third kappa shape index (κ3) is 5.19. The SMILES string of the molecule is COCCCC1=C(c2ccc(Cl)cc2)OC(N=N)(C(=O)Nc2ccc([N+](=O)[O-])cc2)C=C1. The number of hydrogen-bond donors (Lipinski definition) is 2. The summed E-state index contributed by atoms with van der Waals surface area (Å²) >= 11 is 6.00. The number of methoxy groups -OCH3 is 1. The van der Waals surface area contributed by atoms with Crippen molar-refractivity contribution in [1.29, 1.82) is 5.53 Å². The zero-order valence-corrected chi connectivity index (χ0v) is 18.0. The van der Waals surface area contributed by atoms with E-state index in [0.717, 1.165) is 12.0 Å². The van der Waals surface area contributed by atoms with Crippen LogP contribution in [0.15, 0.2) is 71.4 Å². The molecule has 2 aromatic carbocycles. The number of rotatable bonds is 9. The molecule has 0 radical (unpaired) electrons. The molecule has 1 aliphatic rings. The van der Waals surface area contributed by atoms with Crippen molar-refractivity contribution in [2.24, 2.45) is 5.11 Å². The predicted octanol–water partition coefficient (Wildman–Crippen LogP) is 5.34. The van der Waals surface area contributed by atoms with Crippen molar-refractivity contribution in [3.63, 3.8) is 0 Å². The van der Waals surface area contributed by atoms with Crippen molar-refractivity contribution in [2.45, 2.75) is 18.6 Å². The molecule has 10 heteroatoms. The van der Waals surface area contributed by atoms with Gasteiger partial charge in [-0.25, -0.2) is 5.53 Å². The summed E-state index contributed by atoms with van der Waals surface area (Å²) in [6.45, 7) is 0.555. The molecule has 166 valence electrons. The Morgan fingerprint density at radius 3 is 2.53 bits per heavy atom. The lowest BCUT2D eigenvalue weighted by Crippen LogP contribution is -2.42. The smallest absolute Gasteiger partial charge is 0.316 e. The highest BCUT2D eigenvalue weighted by atomic mass is 35.5. The summed E-state index contributed by atoms with van der Waals surface area (Å²) < 4.78 is 11.1. The van der Waals surface area contributed by atoms with Crippen molar-refractivity contribution in [1.82, 2.24) is 0 Å². The highest BCUT2D eigenvalue weighted by Crippen LogP contribution is 2.36. The summed E-state index contributed by atoms with van der Waals surface area (Å²) in [7, 11) is 1.62. The van der Waals surface area contributed by atoms with Crippen LogP contribution in [0.2, 0.25) is 5.02 Å². The summed E-state index contributed by atoms with van der Waals surface area (Å²) in [6, 6.07) is 12.3. The third-order valence-corrected chi connectivity index (χ3v) is 5.04. The van der Waals surface area contributed by atoms with Gasteiger partial charge in [-0.3, -0.25) is 14.9 Å². The first kappa shape index (κ1) is 23.1. The van der Waals surface area contributed by atoms with E-state index < -0.39 is 16.6 Å². The topological polar surface area (TPSA) is 127 Å². The molecule has 9 nitrogen and oxygen atoms in total. The summed E-state index contributed by atoms with van der Waals surface area (Å²) in [5.74, 6) is -0.296. The number of carbonyl (C=O) groups excluding carboxylic acids is 1. The van der Waals surface area contributed by atoms with Crippen LogP contribution in [0.5, 0.6) is 0 Å². The van der Waals surface area contributed by atoms with Gasteiger partial charge in [0, 0.05) is 42.1 Å². The number of benzene rings is 2. The maximum absolute atomic E-state index is 13.0. The molecule has 3 rings (SSSR count). The molecule has 1 aliphatic heterocycles. The van der Waals surface area contributed by atoms with Crippen molar-refractivity contribution in [3.8, 4) is 0 Å². The molecule has 1 heterocycles. The lowest BCUT2D eigenvalue weighted by Gasteiger charge is -2.31. The van der Waals surface area contributed by atoms with E-state index in [1.165, 1.54) is 30.3 Å². The van der Waals surface area contributed by atoms with Crippen LogP contribution in [0, 0.1) is 15.6 Å². The van der Waals surface area contributed by atoms with Crippen molar-refractivity contribution in [2.75, 3.05) is 19.0 Å². The first-order chi connectivity index (χ1) is 15.4. The highest BCUT2D eigenvalue weighted by molar-refractivity contribution is 6.30. The first-order valence-electron chi connectivity index (χ1n) is 9.69. The minimum absolute atomic E-state index is 0.106. The average Bonchev–Trinajstić information content (AvgIpc) is 2.80. The van der Waals surface area contributed by atoms with Crippen LogP contribution >= 0.6 is 11.6 Å². The molecule has 0 fully saturated rings. The lowest BCUT2D eigenvalue weighted by molar-refractivity contribution is -0.384. The monoisotopic (exact) mass is 456 g/mol. The standard InChI is InChI=1S/C22H21ClN4O5/c1-31-14-2-3-15-12-13-22(26-24,32-20(15)16-4-6-17(23)7-5-16)21(28)25-18-8-10-19(11-9-18)27(29)30/h4-13,24H,2-3,14H2,1H3,(H,25,28). The van der Waals surface area contributed by atoms with Crippen LogP contribution in [0.3, 0.4) is 0 Å². The van der Waals surface area contributed by atoms with Crippen molar-refractivity contribution < 1.29 is 19.2 Å². The number of nitro groups is 1. The number of nitro benzene ring substituents is 1. The van der Waals surface area contributed by atoms with Crippen LogP contribution in [-0.2, 0) is 14.3 Å². The molecule has 32 heavy (non-hydrogen) atoms. The molecule has 1 unspecified atom stereocenters. The van der Waals surface area contributed by atoms with E-state index in [-0.39, 0.29) is 5.69 Å². The summed E-state index contributed by atoms with van der Waals surface area (Å²) in [6.07, 6.45) is 4.50. The fourth-order valence-corrected chi connectivity index (χ4v) is 3.24. The maximum atomic E-state index is 13.0. The first-order valence-corrected chi connectivity index (χ1v) is 10.1. The molecule has 1 atom stereocenters. The zero-order valence-electron chi connectivity index (χ0n) is 17.2. The Morgan fingerprint density at radius 2 is 1.94 bits per heavy atom. The number of amides is 1. The molecule has 0 saturated heterocycles. The van der Waals surface area contributed by atoms with Gasteiger partial charge in [0.2, 0.25) is 0 Å². The molecule has 1 amide bonds. The molecule has 0 bridgehead atoms. The highest BCUT2D eigenvalue weighted by Gasteiger charge is 2.42. The summed E-state index contributed by atoms with van der Waals surface area (Å²) in [5, 5.41) is 17.5. The minimum atomic E-state index is -1.93. The largest absolute Gasteiger partial charge is 0.451 e. The van der Waals surface area contributed by atoms with E-state index in [9.17, 15) is 14.9 Å². The van der Waals surface area contributed by atoms with Crippen LogP contribution in [0.25, 0.3) is 5.76 Å². The van der Waals surface area contributed by atoms with Gasteiger partial charge in [0.25, 0.3) is 11.6 Å². The Hall–Kier alpha value is -3.56. The van der Waals surface area contributed by atoms with Crippen LogP contribution in [-0.4, -0.2) is 30.3 Å². The predicted molar refractivity (Wildman–Crippen MR) is 119 cm³/mol. The van der Waals surface area contributed by atoms with Gasteiger partial charge in [0.1, 0.15) is 5.76 Å². The number of halogens is 1.